The molecule has 1 saturated carbocycles. The first-order valence-corrected chi connectivity index (χ1v) is 5.69. The largest absolute Gasteiger partial charge is 0.313 e. The standard InChI is InChI=1S/C11H22N2/c1-9-7-12-8-11(2,13-9)10-5-3-4-6-10/h9-10,12-13H,3-8H2,1-2H3. The zero-order valence-electron chi connectivity index (χ0n) is 8.90. The fraction of sp³-hybridized carbons (Fsp3) is 1.00. The molecule has 0 aromatic carbocycles. The van der Waals surface area contributed by atoms with Gasteiger partial charge >= 0.3 is 0 Å². The second kappa shape index (κ2) is 3.58. The summed E-state index contributed by atoms with van der Waals surface area (Å²) in [5.74, 6) is 0.905. The van der Waals surface area contributed by atoms with E-state index in [-0.39, 0.29) is 0 Å². The molecule has 2 fully saturated rings. The van der Waals surface area contributed by atoms with Gasteiger partial charge < -0.3 is 10.6 Å². The van der Waals surface area contributed by atoms with E-state index in [1.807, 2.05) is 0 Å². The fourth-order valence-corrected chi connectivity index (χ4v) is 3.04. The van der Waals surface area contributed by atoms with Crippen molar-refractivity contribution in [2.24, 2.45) is 5.92 Å². The predicted molar refractivity (Wildman–Crippen MR) is 55.8 cm³/mol. The van der Waals surface area contributed by atoms with Crippen LogP contribution in [0.2, 0.25) is 0 Å². The van der Waals surface area contributed by atoms with Crippen LogP contribution in [-0.4, -0.2) is 24.7 Å². The molecule has 2 unspecified atom stereocenters. The monoisotopic (exact) mass is 182 g/mol. The third-order valence-corrected chi connectivity index (χ3v) is 3.78. The van der Waals surface area contributed by atoms with Gasteiger partial charge in [-0.25, -0.2) is 0 Å². The zero-order chi connectivity index (χ0) is 9.31. The van der Waals surface area contributed by atoms with E-state index in [9.17, 15) is 0 Å². The number of hydrogen-bond acceptors (Lipinski definition) is 2. The van der Waals surface area contributed by atoms with Crippen molar-refractivity contribution in [2.45, 2.75) is 51.1 Å². The average molecular weight is 182 g/mol. The van der Waals surface area contributed by atoms with Crippen molar-refractivity contribution >= 4 is 0 Å². The smallest absolute Gasteiger partial charge is 0.0309 e. The molecule has 1 aliphatic carbocycles. The first-order chi connectivity index (χ1) is 6.21. The Balaban J connectivity index is 2.00. The van der Waals surface area contributed by atoms with E-state index in [1.54, 1.807) is 0 Å². The summed E-state index contributed by atoms with van der Waals surface area (Å²) in [5, 5.41) is 7.31. The van der Waals surface area contributed by atoms with Crippen LogP contribution >= 0.6 is 0 Å². The lowest BCUT2D eigenvalue weighted by molar-refractivity contribution is 0.171. The van der Waals surface area contributed by atoms with Gasteiger partial charge in [0, 0.05) is 24.7 Å². The minimum atomic E-state index is 0.369. The molecule has 1 aliphatic heterocycles. The summed E-state index contributed by atoms with van der Waals surface area (Å²) in [6.07, 6.45) is 5.74. The summed E-state index contributed by atoms with van der Waals surface area (Å²) in [7, 11) is 0. The molecule has 1 heterocycles. The molecule has 2 heteroatoms. The van der Waals surface area contributed by atoms with Crippen LogP contribution in [-0.2, 0) is 0 Å². The molecule has 0 bridgehead atoms. The molecule has 0 aromatic heterocycles. The van der Waals surface area contributed by atoms with Gasteiger partial charge in [0.2, 0.25) is 0 Å². The second-order valence-electron chi connectivity index (χ2n) is 5.08. The fourth-order valence-electron chi connectivity index (χ4n) is 3.04. The molecule has 2 nitrogen and oxygen atoms in total. The van der Waals surface area contributed by atoms with Crippen LogP contribution in [0.3, 0.4) is 0 Å². The summed E-state index contributed by atoms with van der Waals surface area (Å²) in [6, 6.07) is 0.638. The van der Waals surface area contributed by atoms with E-state index in [0.29, 0.717) is 11.6 Å². The van der Waals surface area contributed by atoms with E-state index in [2.05, 4.69) is 24.5 Å². The summed E-state index contributed by atoms with van der Waals surface area (Å²) in [5.41, 5.74) is 0.369. The molecule has 2 N–H and O–H groups in total. The maximum absolute atomic E-state index is 3.77. The Labute approximate surface area is 81.5 Å². The highest BCUT2D eigenvalue weighted by Gasteiger charge is 2.38. The lowest BCUT2D eigenvalue weighted by Crippen LogP contribution is -2.64. The maximum atomic E-state index is 3.77. The maximum Gasteiger partial charge on any atom is 0.0309 e. The van der Waals surface area contributed by atoms with Gasteiger partial charge in [0.1, 0.15) is 0 Å². The van der Waals surface area contributed by atoms with Crippen LogP contribution in [0.5, 0.6) is 0 Å². The highest BCUT2D eigenvalue weighted by atomic mass is 15.1. The molecular weight excluding hydrogens is 160 g/mol. The Kier molecular flexibility index (Phi) is 2.61. The molecule has 0 radical (unpaired) electrons. The van der Waals surface area contributed by atoms with Gasteiger partial charge in [-0.2, -0.15) is 0 Å². The van der Waals surface area contributed by atoms with Crippen molar-refractivity contribution in [2.75, 3.05) is 13.1 Å². The van der Waals surface area contributed by atoms with E-state index >= 15 is 0 Å². The van der Waals surface area contributed by atoms with Crippen LogP contribution in [0.15, 0.2) is 0 Å². The van der Waals surface area contributed by atoms with Gasteiger partial charge in [-0.3, -0.25) is 0 Å². The lowest BCUT2D eigenvalue weighted by atomic mass is 9.82. The van der Waals surface area contributed by atoms with Crippen LogP contribution in [0.25, 0.3) is 0 Å². The normalized spacial score (nSPS) is 42.5. The molecule has 2 aliphatic rings. The van der Waals surface area contributed by atoms with Crippen molar-refractivity contribution < 1.29 is 0 Å². The van der Waals surface area contributed by atoms with Gasteiger partial charge in [0.25, 0.3) is 0 Å². The minimum absolute atomic E-state index is 0.369. The average Bonchev–Trinajstić information content (AvgIpc) is 2.55. The lowest BCUT2D eigenvalue weighted by Gasteiger charge is -2.43. The Morgan fingerprint density at radius 3 is 2.54 bits per heavy atom. The van der Waals surface area contributed by atoms with E-state index in [0.717, 1.165) is 19.0 Å². The number of rotatable bonds is 1. The van der Waals surface area contributed by atoms with Gasteiger partial charge in [0.05, 0.1) is 0 Å². The SMILES string of the molecule is CC1CNCC(C)(C2CCCC2)N1. The van der Waals surface area contributed by atoms with Crippen LogP contribution < -0.4 is 10.6 Å². The van der Waals surface area contributed by atoms with E-state index < -0.39 is 0 Å². The second-order valence-corrected chi connectivity index (χ2v) is 5.08. The Hall–Kier alpha value is -0.0800. The number of piperazine rings is 1. The van der Waals surface area contributed by atoms with Crippen molar-refractivity contribution in [1.82, 2.24) is 10.6 Å². The Bertz CT molecular complexity index is 175. The quantitative estimate of drug-likeness (QED) is 0.642. The van der Waals surface area contributed by atoms with E-state index in [1.165, 1.54) is 25.7 Å². The van der Waals surface area contributed by atoms with Crippen LogP contribution in [0, 0.1) is 5.92 Å². The molecule has 1 saturated heterocycles. The number of hydrogen-bond donors (Lipinski definition) is 2. The minimum Gasteiger partial charge on any atom is -0.313 e. The summed E-state index contributed by atoms with van der Waals surface area (Å²) in [6.45, 7) is 6.95. The Morgan fingerprint density at radius 2 is 1.92 bits per heavy atom. The van der Waals surface area contributed by atoms with Gasteiger partial charge in [0.15, 0.2) is 0 Å². The van der Waals surface area contributed by atoms with Crippen molar-refractivity contribution in [3.05, 3.63) is 0 Å². The highest BCUT2D eigenvalue weighted by Crippen LogP contribution is 2.34. The van der Waals surface area contributed by atoms with Gasteiger partial charge in [-0.1, -0.05) is 12.8 Å². The van der Waals surface area contributed by atoms with Crippen LogP contribution in [0.1, 0.15) is 39.5 Å². The first-order valence-electron chi connectivity index (χ1n) is 5.69. The molecule has 13 heavy (non-hydrogen) atoms. The third-order valence-electron chi connectivity index (χ3n) is 3.78. The third kappa shape index (κ3) is 1.89. The van der Waals surface area contributed by atoms with E-state index in [4.69, 9.17) is 0 Å². The molecule has 2 rings (SSSR count). The molecule has 0 spiro atoms. The van der Waals surface area contributed by atoms with Crippen molar-refractivity contribution in [1.29, 1.82) is 0 Å². The van der Waals surface area contributed by atoms with Crippen molar-refractivity contribution in [3.8, 4) is 0 Å². The highest BCUT2D eigenvalue weighted by molar-refractivity contribution is 4.98. The first kappa shape index (κ1) is 9.47. The Morgan fingerprint density at radius 1 is 1.23 bits per heavy atom. The molecule has 76 valence electrons. The van der Waals surface area contributed by atoms with Gasteiger partial charge in [-0.15, -0.1) is 0 Å². The summed E-state index contributed by atoms with van der Waals surface area (Å²) in [4.78, 5) is 0. The molecule has 0 aromatic rings. The van der Waals surface area contributed by atoms with Gasteiger partial charge in [-0.05, 0) is 32.6 Å². The topological polar surface area (TPSA) is 24.1 Å². The summed E-state index contributed by atoms with van der Waals surface area (Å²) >= 11 is 0. The molecule has 0 amide bonds. The predicted octanol–water partition coefficient (Wildman–Crippen LogP) is 1.52. The van der Waals surface area contributed by atoms with Crippen molar-refractivity contribution in [3.63, 3.8) is 0 Å². The zero-order valence-corrected chi connectivity index (χ0v) is 8.90. The molecule has 2 atom stereocenters. The summed E-state index contributed by atoms with van der Waals surface area (Å²) < 4.78 is 0. The van der Waals surface area contributed by atoms with Crippen LogP contribution in [0.4, 0.5) is 0 Å². The number of nitrogens with one attached hydrogen (secondary N) is 2. The molecular formula is C11H22N2.